The van der Waals surface area contributed by atoms with E-state index >= 15 is 0 Å². The number of benzene rings is 2. The Labute approximate surface area is 177 Å². The summed E-state index contributed by atoms with van der Waals surface area (Å²) >= 11 is 3.48. The number of allylic oxidation sites excluding steroid dienone is 3. The Hall–Kier alpha value is -3.35. The summed E-state index contributed by atoms with van der Waals surface area (Å²) in [4.78, 5) is 14.8. The highest BCUT2D eigenvalue weighted by Gasteiger charge is 2.40. The van der Waals surface area contributed by atoms with Crippen LogP contribution in [0.25, 0.3) is 0 Å². The number of para-hydroxylation sites is 1. The molecule has 0 amide bonds. The van der Waals surface area contributed by atoms with Gasteiger partial charge in [-0.2, -0.15) is 10.5 Å². The molecule has 0 saturated heterocycles. The molecule has 2 aliphatic rings. The average molecular weight is 445 g/mol. The number of nitrogens with zero attached hydrogens (tertiary/aromatic N) is 3. The molecule has 2 N–H and O–H groups in total. The van der Waals surface area contributed by atoms with Gasteiger partial charge in [0, 0.05) is 22.2 Å². The van der Waals surface area contributed by atoms with Crippen molar-refractivity contribution in [3.63, 3.8) is 0 Å². The highest BCUT2D eigenvalue weighted by Crippen LogP contribution is 2.46. The molecule has 4 rings (SSSR count). The predicted octanol–water partition coefficient (Wildman–Crippen LogP) is 4.63. The van der Waals surface area contributed by atoms with Crippen LogP contribution >= 0.6 is 15.9 Å². The van der Waals surface area contributed by atoms with E-state index in [-0.39, 0.29) is 11.6 Å². The van der Waals surface area contributed by atoms with E-state index in [4.69, 9.17) is 5.73 Å². The molecule has 2 aromatic carbocycles. The van der Waals surface area contributed by atoms with E-state index in [1.165, 1.54) is 0 Å². The fourth-order valence-electron chi connectivity index (χ4n) is 4.14. The zero-order valence-corrected chi connectivity index (χ0v) is 17.1. The van der Waals surface area contributed by atoms with Crippen LogP contribution in [0.15, 0.2) is 75.7 Å². The second-order valence-electron chi connectivity index (χ2n) is 7.00. The van der Waals surface area contributed by atoms with Gasteiger partial charge in [0.1, 0.15) is 11.9 Å². The maximum atomic E-state index is 13.1. The Morgan fingerprint density at radius 2 is 1.86 bits per heavy atom. The maximum absolute atomic E-state index is 13.1. The van der Waals surface area contributed by atoms with Gasteiger partial charge in [-0.05, 0) is 42.7 Å². The van der Waals surface area contributed by atoms with Gasteiger partial charge in [-0.25, -0.2) is 0 Å². The van der Waals surface area contributed by atoms with Crippen molar-refractivity contribution in [3.05, 3.63) is 86.8 Å². The van der Waals surface area contributed by atoms with Gasteiger partial charge < -0.3 is 5.73 Å². The first-order valence-corrected chi connectivity index (χ1v) is 10.1. The summed E-state index contributed by atoms with van der Waals surface area (Å²) in [6, 6.07) is 19.1. The lowest BCUT2D eigenvalue weighted by Gasteiger charge is -2.40. The number of hydrogen-bond acceptors (Lipinski definition) is 5. The molecule has 1 aliphatic carbocycles. The molecule has 0 saturated carbocycles. The molecule has 0 bridgehead atoms. The number of carbonyl (C=O) groups excluding carboxylic acids is 1. The van der Waals surface area contributed by atoms with Crippen LogP contribution in [0.1, 0.15) is 36.3 Å². The van der Waals surface area contributed by atoms with Crippen molar-refractivity contribution in [1.82, 2.24) is 0 Å². The molecule has 2 aromatic rings. The minimum Gasteiger partial charge on any atom is -0.384 e. The molecule has 5 nitrogen and oxygen atoms in total. The third kappa shape index (κ3) is 3.12. The van der Waals surface area contributed by atoms with Crippen molar-refractivity contribution in [1.29, 1.82) is 10.5 Å². The van der Waals surface area contributed by atoms with E-state index < -0.39 is 5.92 Å². The van der Waals surface area contributed by atoms with E-state index in [0.717, 1.165) is 15.7 Å². The minimum atomic E-state index is -0.509. The van der Waals surface area contributed by atoms with Crippen molar-refractivity contribution in [3.8, 4) is 12.1 Å². The van der Waals surface area contributed by atoms with Gasteiger partial charge in [0.2, 0.25) is 0 Å². The molecule has 142 valence electrons. The van der Waals surface area contributed by atoms with Gasteiger partial charge in [0.15, 0.2) is 5.78 Å². The first kappa shape index (κ1) is 19.0. The molecule has 1 heterocycles. The molecule has 0 aromatic heterocycles. The fraction of sp³-hybridized carbons (Fsp3) is 0.174. The topological polar surface area (TPSA) is 93.9 Å². The standard InChI is InChI=1S/C23H17BrN4O/c24-16-7-3-6-14(11-16)21-17(13-26)23(27)28(18-8-2-1-5-15(18)12-25)19-9-4-10-20(29)22(19)21/h1-3,5-8,11,21H,4,9-10,27H2/t21-/m1/s1. The maximum Gasteiger partial charge on any atom is 0.161 e. The number of nitriles is 2. The number of rotatable bonds is 2. The van der Waals surface area contributed by atoms with Gasteiger partial charge in [-0.15, -0.1) is 0 Å². The summed E-state index contributed by atoms with van der Waals surface area (Å²) < 4.78 is 0.869. The number of halogens is 1. The highest BCUT2D eigenvalue weighted by molar-refractivity contribution is 9.10. The van der Waals surface area contributed by atoms with Crippen LogP contribution in [0.4, 0.5) is 5.69 Å². The number of hydrogen-bond donors (Lipinski definition) is 1. The molecule has 1 atom stereocenters. The third-order valence-electron chi connectivity index (χ3n) is 5.36. The Morgan fingerprint density at radius 3 is 2.59 bits per heavy atom. The molecule has 0 spiro atoms. The van der Waals surface area contributed by atoms with E-state index in [1.807, 2.05) is 30.3 Å². The first-order valence-electron chi connectivity index (χ1n) is 9.27. The number of Topliss-reactive ketones (excluding diaryl/α,β-unsaturated/α-hetero) is 1. The molecular weight excluding hydrogens is 428 g/mol. The summed E-state index contributed by atoms with van der Waals surface area (Å²) in [6.45, 7) is 0. The van der Waals surface area contributed by atoms with E-state index in [1.54, 1.807) is 23.1 Å². The van der Waals surface area contributed by atoms with E-state index in [9.17, 15) is 15.3 Å². The third-order valence-corrected chi connectivity index (χ3v) is 5.85. The smallest absolute Gasteiger partial charge is 0.161 e. The van der Waals surface area contributed by atoms with Crippen molar-refractivity contribution < 1.29 is 4.79 Å². The fourth-order valence-corrected chi connectivity index (χ4v) is 4.56. The van der Waals surface area contributed by atoms with Crippen LogP contribution in [0.2, 0.25) is 0 Å². The van der Waals surface area contributed by atoms with E-state index in [0.29, 0.717) is 41.7 Å². The minimum absolute atomic E-state index is 0.0240. The zero-order chi connectivity index (χ0) is 20.5. The largest absolute Gasteiger partial charge is 0.384 e. The monoisotopic (exact) mass is 444 g/mol. The summed E-state index contributed by atoms with van der Waals surface area (Å²) in [6.07, 6.45) is 1.81. The number of anilines is 1. The quantitative estimate of drug-likeness (QED) is 0.728. The van der Waals surface area contributed by atoms with Crippen molar-refractivity contribution in [2.45, 2.75) is 25.2 Å². The Bertz CT molecular complexity index is 1170. The second-order valence-corrected chi connectivity index (χ2v) is 7.92. The van der Waals surface area contributed by atoms with Crippen molar-refractivity contribution >= 4 is 27.4 Å². The van der Waals surface area contributed by atoms with E-state index in [2.05, 4.69) is 28.1 Å². The van der Waals surface area contributed by atoms with Crippen molar-refractivity contribution in [2.24, 2.45) is 5.73 Å². The number of nitrogens with two attached hydrogens (primary N) is 1. The van der Waals surface area contributed by atoms with Crippen LogP contribution in [-0.2, 0) is 4.79 Å². The predicted molar refractivity (Wildman–Crippen MR) is 113 cm³/mol. The molecule has 6 heteroatoms. The van der Waals surface area contributed by atoms with Gasteiger partial charge in [-0.1, -0.05) is 40.2 Å². The summed E-state index contributed by atoms with van der Waals surface area (Å²) in [5, 5.41) is 19.6. The summed E-state index contributed by atoms with van der Waals surface area (Å²) in [5.74, 6) is -0.213. The average Bonchev–Trinajstić information content (AvgIpc) is 2.73. The van der Waals surface area contributed by atoms with Gasteiger partial charge in [0.05, 0.1) is 28.8 Å². The molecule has 29 heavy (non-hydrogen) atoms. The summed E-state index contributed by atoms with van der Waals surface area (Å²) in [7, 11) is 0. The van der Waals surface area contributed by atoms with Gasteiger partial charge in [0.25, 0.3) is 0 Å². The number of carbonyl (C=O) groups is 1. The van der Waals surface area contributed by atoms with Crippen LogP contribution in [-0.4, -0.2) is 5.78 Å². The Morgan fingerprint density at radius 1 is 1.07 bits per heavy atom. The summed E-state index contributed by atoms with van der Waals surface area (Å²) in [5.41, 5.74) is 10.1. The second kappa shape index (κ2) is 7.58. The lowest BCUT2D eigenvalue weighted by Crippen LogP contribution is -2.39. The molecular formula is C23H17BrN4O. The number of ketones is 1. The molecule has 0 fully saturated rings. The Kier molecular flexibility index (Phi) is 4.96. The lowest BCUT2D eigenvalue weighted by atomic mass is 9.75. The van der Waals surface area contributed by atoms with Crippen LogP contribution in [0, 0.1) is 22.7 Å². The van der Waals surface area contributed by atoms with Crippen molar-refractivity contribution in [2.75, 3.05) is 4.90 Å². The van der Waals surface area contributed by atoms with Crippen LogP contribution < -0.4 is 10.6 Å². The van der Waals surface area contributed by atoms with Gasteiger partial charge in [-0.3, -0.25) is 9.69 Å². The normalized spacial score (nSPS) is 18.9. The highest BCUT2D eigenvalue weighted by atomic mass is 79.9. The molecule has 0 radical (unpaired) electrons. The Balaban J connectivity index is 2.01. The van der Waals surface area contributed by atoms with Gasteiger partial charge >= 0.3 is 0 Å². The first-order chi connectivity index (χ1) is 14.1. The van der Waals surface area contributed by atoms with Crippen LogP contribution in [0.3, 0.4) is 0 Å². The molecule has 1 aliphatic heterocycles. The lowest BCUT2D eigenvalue weighted by molar-refractivity contribution is -0.116. The SMILES string of the molecule is N#CC1=C(N)N(c2ccccc2C#N)C2=C(C(=O)CCC2)[C@@H]1c1cccc(Br)c1. The molecule has 0 unspecified atom stereocenters. The zero-order valence-electron chi connectivity index (χ0n) is 15.5. The van der Waals surface area contributed by atoms with Crippen LogP contribution in [0.5, 0.6) is 0 Å².